The van der Waals surface area contributed by atoms with Gasteiger partial charge in [-0.2, -0.15) is 4.98 Å². The summed E-state index contributed by atoms with van der Waals surface area (Å²) >= 11 is 0. The molecule has 1 heterocycles. The van der Waals surface area contributed by atoms with Crippen molar-refractivity contribution in [3.63, 3.8) is 0 Å². The molecule has 0 bridgehead atoms. The summed E-state index contributed by atoms with van der Waals surface area (Å²) in [5.41, 5.74) is 5.35. The lowest BCUT2D eigenvalue weighted by molar-refractivity contribution is 0.667. The summed E-state index contributed by atoms with van der Waals surface area (Å²) in [6.07, 6.45) is 3.51. The highest BCUT2D eigenvalue weighted by molar-refractivity contribution is 5.12. The van der Waals surface area contributed by atoms with Gasteiger partial charge < -0.3 is 11.1 Å². The Balaban J connectivity index is 1.71. The molecule has 12 heavy (non-hydrogen) atoms. The second-order valence-electron chi connectivity index (χ2n) is 3.12. The lowest BCUT2D eigenvalue weighted by Crippen LogP contribution is -2.19. The van der Waals surface area contributed by atoms with Crippen LogP contribution in [0.25, 0.3) is 0 Å². The first-order valence-electron chi connectivity index (χ1n) is 4.25. The summed E-state index contributed by atoms with van der Waals surface area (Å²) < 4.78 is 0. The predicted molar refractivity (Wildman–Crippen MR) is 45.5 cm³/mol. The standard InChI is InChI=1S/C7H13N5/c8-7-10-6(11-12-7)3-4-9-5-1-2-5/h5,9H,1-4H2,(H3,8,10,11,12). The lowest BCUT2D eigenvalue weighted by Gasteiger charge is -1.97. The van der Waals surface area contributed by atoms with Crippen molar-refractivity contribution in [2.75, 3.05) is 12.3 Å². The molecule has 1 aromatic heterocycles. The second-order valence-corrected chi connectivity index (χ2v) is 3.12. The van der Waals surface area contributed by atoms with Crippen molar-refractivity contribution in [3.05, 3.63) is 5.82 Å². The van der Waals surface area contributed by atoms with E-state index in [1.807, 2.05) is 0 Å². The Morgan fingerprint density at radius 2 is 2.42 bits per heavy atom. The van der Waals surface area contributed by atoms with E-state index < -0.39 is 0 Å². The molecular formula is C7H13N5. The van der Waals surface area contributed by atoms with Crippen molar-refractivity contribution in [1.29, 1.82) is 0 Å². The van der Waals surface area contributed by atoms with Gasteiger partial charge in [-0.3, -0.25) is 5.10 Å². The molecule has 0 amide bonds. The molecule has 1 fully saturated rings. The SMILES string of the molecule is Nc1n[nH]c(CCNC2CC2)n1. The van der Waals surface area contributed by atoms with Gasteiger partial charge >= 0.3 is 0 Å². The topological polar surface area (TPSA) is 79.6 Å². The van der Waals surface area contributed by atoms with Gasteiger partial charge in [0, 0.05) is 19.0 Å². The molecule has 66 valence electrons. The van der Waals surface area contributed by atoms with Gasteiger partial charge in [-0.15, -0.1) is 5.10 Å². The van der Waals surface area contributed by atoms with Crippen molar-refractivity contribution in [3.8, 4) is 0 Å². The van der Waals surface area contributed by atoms with E-state index in [-0.39, 0.29) is 0 Å². The van der Waals surface area contributed by atoms with Crippen LogP contribution in [0.15, 0.2) is 0 Å². The highest BCUT2D eigenvalue weighted by atomic mass is 15.3. The zero-order chi connectivity index (χ0) is 8.39. The maximum Gasteiger partial charge on any atom is 0.239 e. The Morgan fingerprint density at radius 3 is 3.00 bits per heavy atom. The number of hydrogen-bond acceptors (Lipinski definition) is 4. The molecule has 1 saturated carbocycles. The van der Waals surface area contributed by atoms with Crippen LogP contribution in [-0.2, 0) is 6.42 Å². The van der Waals surface area contributed by atoms with E-state index in [9.17, 15) is 0 Å². The number of aromatic nitrogens is 3. The zero-order valence-corrected chi connectivity index (χ0v) is 6.88. The Hall–Kier alpha value is -1.10. The first-order valence-corrected chi connectivity index (χ1v) is 4.25. The molecule has 5 heteroatoms. The van der Waals surface area contributed by atoms with Crippen LogP contribution >= 0.6 is 0 Å². The van der Waals surface area contributed by atoms with Crippen molar-refractivity contribution in [1.82, 2.24) is 20.5 Å². The monoisotopic (exact) mass is 167 g/mol. The number of nitrogens with two attached hydrogens (primary N) is 1. The van der Waals surface area contributed by atoms with Crippen molar-refractivity contribution in [2.45, 2.75) is 25.3 Å². The minimum absolute atomic E-state index is 0.330. The van der Waals surface area contributed by atoms with Gasteiger partial charge in [-0.1, -0.05) is 0 Å². The van der Waals surface area contributed by atoms with E-state index in [0.717, 1.165) is 24.8 Å². The van der Waals surface area contributed by atoms with Gasteiger partial charge in [-0.25, -0.2) is 0 Å². The van der Waals surface area contributed by atoms with Crippen LogP contribution in [0.4, 0.5) is 5.95 Å². The van der Waals surface area contributed by atoms with E-state index in [2.05, 4.69) is 20.5 Å². The molecular weight excluding hydrogens is 154 g/mol. The third-order valence-electron chi connectivity index (χ3n) is 1.92. The fraction of sp³-hybridized carbons (Fsp3) is 0.714. The van der Waals surface area contributed by atoms with Crippen LogP contribution in [0.2, 0.25) is 0 Å². The van der Waals surface area contributed by atoms with Gasteiger partial charge in [-0.05, 0) is 12.8 Å². The number of aromatic amines is 1. The maximum atomic E-state index is 5.35. The van der Waals surface area contributed by atoms with Crippen molar-refractivity contribution in [2.24, 2.45) is 0 Å². The fourth-order valence-corrected chi connectivity index (χ4v) is 1.10. The third kappa shape index (κ3) is 1.94. The van der Waals surface area contributed by atoms with Crippen molar-refractivity contribution >= 4 is 5.95 Å². The first-order chi connectivity index (χ1) is 5.84. The molecule has 0 aromatic carbocycles. The molecule has 0 unspecified atom stereocenters. The summed E-state index contributed by atoms with van der Waals surface area (Å²) in [5, 5.41) is 9.90. The average Bonchev–Trinajstić information content (AvgIpc) is 2.76. The minimum Gasteiger partial charge on any atom is -0.367 e. The molecule has 2 rings (SSSR count). The fourth-order valence-electron chi connectivity index (χ4n) is 1.10. The third-order valence-corrected chi connectivity index (χ3v) is 1.92. The summed E-state index contributed by atoms with van der Waals surface area (Å²) in [4.78, 5) is 4.00. The highest BCUT2D eigenvalue weighted by Gasteiger charge is 2.19. The summed E-state index contributed by atoms with van der Waals surface area (Å²) in [5.74, 6) is 1.19. The summed E-state index contributed by atoms with van der Waals surface area (Å²) in [6.45, 7) is 0.958. The smallest absolute Gasteiger partial charge is 0.239 e. The highest BCUT2D eigenvalue weighted by Crippen LogP contribution is 2.18. The molecule has 0 radical (unpaired) electrons. The number of H-pyrrole nitrogens is 1. The van der Waals surface area contributed by atoms with E-state index in [1.54, 1.807) is 0 Å². The number of rotatable bonds is 4. The minimum atomic E-state index is 0.330. The molecule has 0 saturated heterocycles. The van der Waals surface area contributed by atoms with Crippen LogP contribution in [0, 0.1) is 0 Å². The Kier molecular flexibility index (Phi) is 1.95. The maximum absolute atomic E-state index is 5.35. The first kappa shape index (κ1) is 7.54. The number of nitrogens with one attached hydrogen (secondary N) is 2. The predicted octanol–water partition coefficient (Wildman–Crippen LogP) is -0.319. The van der Waals surface area contributed by atoms with Crippen LogP contribution in [0.5, 0.6) is 0 Å². The molecule has 5 nitrogen and oxygen atoms in total. The Labute approximate surface area is 70.8 Å². The molecule has 0 aliphatic heterocycles. The van der Waals surface area contributed by atoms with Gasteiger partial charge in [0.15, 0.2) is 0 Å². The average molecular weight is 167 g/mol. The van der Waals surface area contributed by atoms with Gasteiger partial charge in [0.05, 0.1) is 0 Å². The molecule has 1 aliphatic carbocycles. The molecule has 4 N–H and O–H groups in total. The normalized spacial score (nSPS) is 16.7. The number of nitrogen functional groups attached to an aromatic ring is 1. The number of hydrogen-bond donors (Lipinski definition) is 3. The van der Waals surface area contributed by atoms with E-state index in [4.69, 9.17) is 5.73 Å². The zero-order valence-electron chi connectivity index (χ0n) is 6.88. The van der Waals surface area contributed by atoms with Crippen LogP contribution in [0.3, 0.4) is 0 Å². The van der Waals surface area contributed by atoms with E-state index in [1.165, 1.54) is 12.8 Å². The molecule has 1 aliphatic rings. The van der Waals surface area contributed by atoms with Gasteiger partial charge in [0.1, 0.15) is 5.82 Å². The van der Waals surface area contributed by atoms with Gasteiger partial charge in [0.2, 0.25) is 5.95 Å². The van der Waals surface area contributed by atoms with Crippen LogP contribution in [-0.4, -0.2) is 27.8 Å². The Bertz CT molecular complexity index is 252. The molecule has 1 aromatic rings. The summed E-state index contributed by atoms with van der Waals surface area (Å²) in [7, 11) is 0. The quantitative estimate of drug-likeness (QED) is 0.574. The molecule has 0 atom stereocenters. The number of anilines is 1. The van der Waals surface area contributed by atoms with Gasteiger partial charge in [0.25, 0.3) is 0 Å². The Morgan fingerprint density at radius 1 is 1.58 bits per heavy atom. The van der Waals surface area contributed by atoms with Crippen LogP contribution in [0.1, 0.15) is 18.7 Å². The van der Waals surface area contributed by atoms with E-state index >= 15 is 0 Å². The van der Waals surface area contributed by atoms with E-state index in [0.29, 0.717) is 5.95 Å². The second kappa shape index (κ2) is 3.10. The summed E-state index contributed by atoms with van der Waals surface area (Å²) in [6, 6.07) is 0.755. The molecule has 0 spiro atoms. The lowest BCUT2D eigenvalue weighted by atomic mass is 10.4. The number of nitrogens with zero attached hydrogens (tertiary/aromatic N) is 2. The van der Waals surface area contributed by atoms with Crippen LogP contribution < -0.4 is 11.1 Å². The largest absolute Gasteiger partial charge is 0.367 e. The van der Waals surface area contributed by atoms with Crippen molar-refractivity contribution < 1.29 is 0 Å².